The molecule has 2 aromatic carbocycles. The highest BCUT2D eigenvalue weighted by Crippen LogP contribution is 2.29. The SMILES string of the molecule is COc1ccc(-c2cnn(CC(=O)Nc3ccc(OC)c(OC)c3)c(=O)n2)cc1. The Morgan fingerprint density at radius 1 is 1.00 bits per heavy atom. The van der Waals surface area contributed by atoms with Gasteiger partial charge in [-0.05, 0) is 36.4 Å². The minimum Gasteiger partial charge on any atom is -0.497 e. The lowest BCUT2D eigenvalue weighted by Gasteiger charge is -2.11. The van der Waals surface area contributed by atoms with E-state index >= 15 is 0 Å². The molecule has 0 aliphatic heterocycles. The Balaban J connectivity index is 1.71. The summed E-state index contributed by atoms with van der Waals surface area (Å²) in [6, 6.07) is 12.0. The van der Waals surface area contributed by atoms with Gasteiger partial charge in [-0.2, -0.15) is 10.1 Å². The number of carbonyl (C=O) groups excluding carboxylic acids is 1. The molecule has 1 amide bonds. The number of hydrogen-bond donors (Lipinski definition) is 1. The number of ether oxygens (including phenoxy) is 3. The Morgan fingerprint density at radius 3 is 2.34 bits per heavy atom. The van der Waals surface area contributed by atoms with Crippen molar-refractivity contribution in [1.29, 1.82) is 0 Å². The summed E-state index contributed by atoms with van der Waals surface area (Å²) in [5.74, 6) is 1.29. The summed E-state index contributed by atoms with van der Waals surface area (Å²) >= 11 is 0. The third-order valence-corrected chi connectivity index (χ3v) is 4.10. The van der Waals surface area contributed by atoms with E-state index in [1.54, 1.807) is 49.6 Å². The minimum atomic E-state index is -0.624. The highest BCUT2D eigenvalue weighted by molar-refractivity contribution is 5.90. The molecule has 1 heterocycles. The second-order valence-electron chi connectivity index (χ2n) is 5.93. The summed E-state index contributed by atoms with van der Waals surface area (Å²) in [6.07, 6.45) is 1.44. The van der Waals surface area contributed by atoms with E-state index in [4.69, 9.17) is 14.2 Å². The first-order valence-corrected chi connectivity index (χ1v) is 8.64. The maximum absolute atomic E-state index is 12.3. The summed E-state index contributed by atoms with van der Waals surface area (Å²) in [6.45, 7) is -0.275. The monoisotopic (exact) mass is 396 g/mol. The van der Waals surface area contributed by atoms with Crippen molar-refractivity contribution in [3.63, 3.8) is 0 Å². The molecule has 9 nitrogen and oxygen atoms in total. The highest BCUT2D eigenvalue weighted by Gasteiger charge is 2.11. The van der Waals surface area contributed by atoms with Crippen molar-refractivity contribution < 1.29 is 19.0 Å². The van der Waals surface area contributed by atoms with Gasteiger partial charge in [-0.25, -0.2) is 9.48 Å². The summed E-state index contributed by atoms with van der Waals surface area (Å²) < 4.78 is 16.5. The number of carbonyl (C=O) groups is 1. The molecule has 0 aliphatic carbocycles. The molecule has 0 bridgehead atoms. The second-order valence-corrected chi connectivity index (χ2v) is 5.93. The maximum atomic E-state index is 12.3. The quantitative estimate of drug-likeness (QED) is 0.651. The lowest BCUT2D eigenvalue weighted by atomic mass is 10.1. The number of benzene rings is 2. The van der Waals surface area contributed by atoms with E-state index in [0.29, 0.717) is 28.6 Å². The Hall–Kier alpha value is -3.88. The Bertz CT molecular complexity index is 1060. The number of amides is 1. The summed E-state index contributed by atoms with van der Waals surface area (Å²) in [5, 5.41) is 6.73. The zero-order valence-corrected chi connectivity index (χ0v) is 16.2. The zero-order chi connectivity index (χ0) is 20.8. The molecule has 0 saturated heterocycles. The summed E-state index contributed by atoms with van der Waals surface area (Å²) in [5.41, 5.74) is 1.01. The van der Waals surface area contributed by atoms with E-state index in [1.165, 1.54) is 20.4 Å². The van der Waals surface area contributed by atoms with E-state index in [2.05, 4.69) is 15.4 Å². The van der Waals surface area contributed by atoms with E-state index in [9.17, 15) is 9.59 Å². The third-order valence-electron chi connectivity index (χ3n) is 4.10. The van der Waals surface area contributed by atoms with Crippen LogP contribution in [0, 0.1) is 0 Å². The van der Waals surface area contributed by atoms with Crippen molar-refractivity contribution >= 4 is 11.6 Å². The largest absolute Gasteiger partial charge is 0.497 e. The van der Waals surface area contributed by atoms with Crippen molar-refractivity contribution in [1.82, 2.24) is 14.8 Å². The normalized spacial score (nSPS) is 10.3. The number of methoxy groups -OCH3 is 3. The second kappa shape index (κ2) is 8.87. The van der Waals surface area contributed by atoms with Gasteiger partial charge in [-0.3, -0.25) is 4.79 Å². The molecule has 0 aliphatic rings. The van der Waals surface area contributed by atoms with Crippen LogP contribution in [-0.2, 0) is 11.3 Å². The molecule has 0 spiro atoms. The first-order valence-electron chi connectivity index (χ1n) is 8.64. The first-order chi connectivity index (χ1) is 14.0. The zero-order valence-electron chi connectivity index (χ0n) is 16.2. The van der Waals surface area contributed by atoms with E-state index in [0.717, 1.165) is 10.2 Å². The van der Waals surface area contributed by atoms with Gasteiger partial charge in [-0.1, -0.05) is 0 Å². The molecule has 0 atom stereocenters. The van der Waals surface area contributed by atoms with Crippen LogP contribution in [0.4, 0.5) is 5.69 Å². The molecule has 0 fully saturated rings. The first kappa shape index (κ1) is 19.9. The fourth-order valence-corrected chi connectivity index (χ4v) is 2.62. The predicted molar refractivity (Wildman–Crippen MR) is 106 cm³/mol. The molecule has 3 aromatic rings. The van der Waals surface area contributed by atoms with Crippen molar-refractivity contribution in [2.24, 2.45) is 0 Å². The molecular weight excluding hydrogens is 376 g/mol. The predicted octanol–water partition coefficient (Wildman–Crippen LogP) is 1.97. The van der Waals surface area contributed by atoms with E-state index < -0.39 is 11.6 Å². The number of aromatic nitrogens is 3. The van der Waals surface area contributed by atoms with Crippen molar-refractivity contribution in [3.8, 4) is 28.5 Å². The van der Waals surface area contributed by atoms with Crippen molar-refractivity contribution in [3.05, 3.63) is 59.1 Å². The van der Waals surface area contributed by atoms with Gasteiger partial charge in [0.1, 0.15) is 12.3 Å². The summed E-state index contributed by atoms with van der Waals surface area (Å²) in [7, 11) is 4.60. The van der Waals surface area contributed by atoms with Gasteiger partial charge in [0.2, 0.25) is 5.91 Å². The smallest absolute Gasteiger partial charge is 0.365 e. The average molecular weight is 396 g/mol. The van der Waals surface area contributed by atoms with Crippen LogP contribution in [0.2, 0.25) is 0 Å². The number of hydrogen-bond acceptors (Lipinski definition) is 7. The molecule has 0 saturated carbocycles. The van der Waals surface area contributed by atoms with E-state index in [1.807, 2.05) is 0 Å². The fraction of sp³-hybridized carbons (Fsp3) is 0.200. The third kappa shape index (κ3) is 4.70. The van der Waals surface area contributed by atoms with Crippen LogP contribution in [0.3, 0.4) is 0 Å². The lowest BCUT2D eigenvalue weighted by molar-refractivity contribution is -0.117. The minimum absolute atomic E-state index is 0.275. The molecule has 29 heavy (non-hydrogen) atoms. The fourth-order valence-electron chi connectivity index (χ4n) is 2.62. The highest BCUT2D eigenvalue weighted by atomic mass is 16.5. The molecular formula is C20H20N4O5. The van der Waals surface area contributed by atoms with Gasteiger partial charge in [0.05, 0.1) is 33.2 Å². The number of nitrogens with one attached hydrogen (secondary N) is 1. The summed E-state index contributed by atoms with van der Waals surface area (Å²) in [4.78, 5) is 28.5. The van der Waals surface area contributed by atoms with Crippen LogP contribution in [0.1, 0.15) is 0 Å². The van der Waals surface area contributed by atoms with Crippen LogP contribution in [0.15, 0.2) is 53.5 Å². The molecule has 0 radical (unpaired) electrons. The average Bonchev–Trinajstić information content (AvgIpc) is 2.75. The number of rotatable bonds is 7. The Labute approximate surface area is 166 Å². The standard InChI is InChI=1S/C20H20N4O5/c1-27-15-7-4-13(5-8-15)16-11-21-24(20(26)23-16)12-19(25)22-14-6-9-17(28-2)18(10-14)29-3/h4-11H,12H2,1-3H3,(H,22,25). The van der Waals surface area contributed by atoms with Crippen LogP contribution in [0.25, 0.3) is 11.3 Å². The molecule has 1 aromatic heterocycles. The van der Waals surface area contributed by atoms with Gasteiger partial charge in [0, 0.05) is 17.3 Å². The van der Waals surface area contributed by atoms with Gasteiger partial charge in [0.25, 0.3) is 0 Å². The van der Waals surface area contributed by atoms with Crippen LogP contribution >= 0.6 is 0 Å². The maximum Gasteiger partial charge on any atom is 0.365 e. The molecule has 9 heteroatoms. The van der Waals surface area contributed by atoms with Crippen LogP contribution in [0.5, 0.6) is 17.2 Å². The Morgan fingerprint density at radius 2 is 1.72 bits per heavy atom. The lowest BCUT2D eigenvalue weighted by Crippen LogP contribution is -2.31. The van der Waals surface area contributed by atoms with Crippen molar-refractivity contribution in [2.75, 3.05) is 26.6 Å². The molecule has 1 N–H and O–H groups in total. The number of anilines is 1. The van der Waals surface area contributed by atoms with Crippen LogP contribution < -0.4 is 25.2 Å². The van der Waals surface area contributed by atoms with Gasteiger partial charge in [-0.15, -0.1) is 0 Å². The molecule has 3 rings (SSSR count). The Kier molecular flexibility index (Phi) is 6.08. The van der Waals surface area contributed by atoms with Crippen molar-refractivity contribution in [2.45, 2.75) is 6.54 Å². The topological polar surface area (TPSA) is 105 Å². The van der Waals surface area contributed by atoms with E-state index in [-0.39, 0.29) is 6.54 Å². The van der Waals surface area contributed by atoms with Gasteiger partial charge < -0.3 is 19.5 Å². The molecule has 0 unspecified atom stereocenters. The van der Waals surface area contributed by atoms with Crippen LogP contribution in [-0.4, -0.2) is 42.0 Å². The van der Waals surface area contributed by atoms with Gasteiger partial charge in [0.15, 0.2) is 11.5 Å². The molecule has 150 valence electrons. The van der Waals surface area contributed by atoms with Gasteiger partial charge >= 0.3 is 5.69 Å². The number of nitrogens with zero attached hydrogens (tertiary/aromatic N) is 3.